The van der Waals surface area contributed by atoms with Crippen molar-refractivity contribution in [3.05, 3.63) is 47.3 Å². The fourth-order valence-corrected chi connectivity index (χ4v) is 5.18. The monoisotopic (exact) mass is 383 g/mol. The van der Waals surface area contributed by atoms with Crippen LogP contribution in [-0.4, -0.2) is 13.2 Å². The SMILES string of the molecule is CCCOCC=CC1CCC(C2CCC(c3ccc(C#N)cc3F)CC2)CC1. The summed E-state index contributed by atoms with van der Waals surface area (Å²) in [5.74, 6) is 2.53. The van der Waals surface area contributed by atoms with E-state index in [2.05, 4.69) is 19.1 Å². The van der Waals surface area contributed by atoms with Crippen molar-refractivity contribution in [3.63, 3.8) is 0 Å². The van der Waals surface area contributed by atoms with E-state index in [1.165, 1.54) is 44.6 Å². The maximum absolute atomic E-state index is 14.3. The molecule has 3 rings (SSSR count). The lowest BCUT2D eigenvalue weighted by Gasteiger charge is -2.37. The summed E-state index contributed by atoms with van der Waals surface area (Å²) in [5.41, 5.74) is 1.23. The first-order chi connectivity index (χ1) is 13.7. The van der Waals surface area contributed by atoms with Gasteiger partial charge in [0.05, 0.1) is 18.2 Å². The molecule has 0 atom stereocenters. The summed E-state index contributed by atoms with van der Waals surface area (Å²) in [5, 5.41) is 8.92. The molecule has 0 radical (unpaired) electrons. The third kappa shape index (κ3) is 5.67. The first-order valence-electron chi connectivity index (χ1n) is 11.1. The smallest absolute Gasteiger partial charge is 0.127 e. The van der Waals surface area contributed by atoms with Crippen molar-refractivity contribution in [2.75, 3.05) is 13.2 Å². The van der Waals surface area contributed by atoms with E-state index in [1.807, 2.05) is 12.1 Å². The molecule has 2 saturated carbocycles. The standard InChI is InChI=1S/C25H34FNO/c1-2-15-28-16-3-4-19-5-8-21(9-6-19)22-10-12-23(13-11-22)24-14-7-20(18-27)17-25(24)26/h3-4,7,14,17,19,21-23H,2,5-6,8-13,15-16H2,1H3. The second kappa shape index (κ2) is 10.8. The fraction of sp³-hybridized carbons (Fsp3) is 0.640. The molecule has 2 fully saturated rings. The Hall–Kier alpha value is -1.66. The van der Waals surface area contributed by atoms with Crippen LogP contribution < -0.4 is 0 Å². The molecule has 3 heteroatoms. The van der Waals surface area contributed by atoms with Crippen LogP contribution in [0.25, 0.3) is 0 Å². The van der Waals surface area contributed by atoms with Crippen LogP contribution in [0.1, 0.15) is 81.8 Å². The van der Waals surface area contributed by atoms with E-state index < -0.39 is 0 Å². The van der Waals surface area contributed by atoms with Crippen molar-refractivity contribution in [3.8, 4) is 6.07 Å². The molecule has 2 aliphatic rings. The van der Waals surface area contributed by atoms with Gasteiger partial charge in [0.1, 0.15) is 5.82 Å². The zero-order valence-electron chi connectivity index (χ0n) is 17.2. The first kappa shape index (κ1) is 21.1. The second-order valence-electron chi connectivity index (χ2n) is 8.64. The molecule has 0 N–H and O–H groups in total. The van der Waals surface area contributed by atoms with Crippen molar-refractivity contribution >= 4 is 0 Å². The summed E-state index contributed by atoms with van der Waals surface area (Å²) >= 11 is 0. The molecule has 0 spiro atoms. The number of hydrogen-bond donors (Lipinski definition) is 0. The van der Waals surface area contributed by atoms with Crippen LogP contribution in [-0.2, 0) is 4.74 Å². The van der Waals surface area contributed by atoms with E-state index in [1.54, 1.807) is 6.07 Å². The third-order valence-corrected chi connectivity index (χ3v) is 6.80. The molecule has 2 nitrogen and oxygen atoms in total. The summed E-state index contributed by atoms with van der Waals surface area (Å²) in [7, 11) is 0. The molecular formula is C25H34FNO. The van der Waals surface area contributed by atoms with E-state index >= 15 is 0 Å². The number of nitrogens with zero attached hydrogens (tertiary/aromatic N) is 1. The number of ether oxygens (including phenoxy) is 1. The minimum absolute atomic E-state index is 0.197. The van der Waals surface area contributed by atoms with Crippen molar-refractivity contribution in [2.45, 2.75) is 70.6 Å². The minimum atomic E-state index is -0.197. The Bertz CT molecular complexity index is 676. The summed E-state index contributed by atoms with van der Waals surface area (Å²) in [4.78, 5) is 0. The molecule has 0 bridgehead atoms. The fourth-order valence-electron chi connectivity index (χ4n) is 5.18. The van der Waals surface area contributed by atoms with Crippen LogP contribution in [0.4, 0.5) is 4.39 Å². The first-order valence-corrected chi connectivity index (χ1v) is 11.1. The largest absolute Gasteiger partial charge is 0.377 e. The van der Waals surface area contributed by atoms with Crippen LogP contribution in [0.5, 0.6) is 0 Å². The van der Waals surface area contributed by atoms with Crippen LogP contribution >= 0.6 is 0 Å². The molecule has 2 aliphatic carbocycles. The van der Waals surface area contributed by atoms with Gasteiger partial charge < -0.3 is 4.74 Å². The number of benzene rings is 1. The molecule has 1 aromatic rings. The van der Waals surface area contributed by atoms with Crippen molar-refractivity contribution in [1.29, 1.82) is 5.26 Å². The van der Waals surface area contributed by atoms with Crippen LogP contribution in [0.3, 0.4) is 0 Å². The zero-order valence-corrected chi connectivity index (χ0v) is 17.2. The Morgan fingerprint density at radius 3 is 2.36 bits per heavy atom. The van der Waals surface area contributed by atoms with Gasteiger partial charge in [-0.2, -0.15) is 5.26 Å². The topological polar surface area (TPSA) is 33.0 Å². The maximum atomic E-state index is 14.3. The molecule has 0 saturated heterocycles. The zero-order chi connectivity index (χ0) is 19.8. The van der Waals surface area contributed by atoms with Gasteiger partial charge in [-0.05, 0) is 99.2 Å². The summed E-state index contributed by atoms with van der Waals surface area (Å²) in [6.07, 6.45) is 15.6. The number of allylic oxidation sites excluding steroid dienone is 1. The number of nitriles is 1. The second-order valence-corrected chi connectivity index (χ2v) is 8.64. The van der Waals surface area contributed by atoms with E-state index in [-0.39, 0.29) is 5.82 Å². The van der Waals surface area contributed by atoms with Gasteiger partial charge in [-0.15, -0.1) is 0 Å². The highest BCUT2D eigenvalue weighted by molar-refractivity contribution is 5.34. The Labute approximate surface area is 169 Å². The molecule has 1 aromatic carbocycles. The quantitative estimate of drug-likeness (QED) is 0.385. The average molecular weight is 384 g/mol. The molecular weight excluding hydrogens is 349 g/mol. The predicted molar refractivity (Wildman–Crippen MR) is 112 cm³/mol. The normalized spacial score (nSPS) is 28.3. The summed E-state index contributed by atoms with van der Waals surface area (Å²) < 4.78 is 19.8. The third-order valence-electron chi connectivity index (χ3n) is 6.80. The van der Waals surface area contributed by atoms with Gasteiger partial charge in [0, 0.05) is 6.61 Å². The van der Waals surface area contributed by atoms with E-state index in [4.69, 9.17) is 10.00 Å². The lowest BCUT2D eigenvalue weighted by Crippen LogP contribution is -2.25. The average Bonchev–Trinajstić information content (AvgIpc) is 2.74. The molecule has 0 aromatic heterocycles. The number of halogens is 1. The van der Waals surface area contributed by atoms with Gasteiger partial charge in [0.25, 0.3) is 0 Å². The Morgan fingerprint density at radius 1 is 1.07 bits per heavy atom. The Morgan fingerprint density at radius 2 is 1.75 bits per heavy atom. The Kier molecular flexibility index (Phi) is 8.10. The lowest BCUT2D eigenvalue weighted by atomic mass is 9.68. The van der Waals surface area contributed by atoms with Crippen LogP contribution in [0.2, 0.25) is 0 Å². The van der Waals surface area contributed by atoms with E-state index in [0.29, 0.717) is 11.5 Å². The van der Waals surface area contributed by atoms with Crippen LogP contribution in [0.15, 0.2) is 30.4 Å². The summed E-state index contributed by atoms with van der Waals surface area (Å²) in [6, 6.07) is 7.00. The Balaban J connectivity index is 1.42. The molecule has 152 valence electrons. The molecule has 0 aliphatic heterocycles. The molecule has 0 unspecified atom stereocenters. The minimum Gasteiger partial charge on any atom is -0.377 e. The van der Waals surface area contributed by atoms with Gasteiger partial charge in [-0.1, -0.05) is 25.1 Å². The van der Waals surface area contributed by atoms with E-state index in [0.717, 1.165) is 55.8 Å². The maximum Gasteiger partial charge on any atom is 0.127 e. The van der Waals surface area contributed by atoms with Gasteiger partial charge in [0.2, 0.25) is 0 Å². The predicted octanol–water partition coefficient (Wildman–Crippen LogP) is 6.76. The highest BCUT2D eigenvalue weighted by atomic mass is 19.1. The van der Waals surface area contributed by atoms with E-state index in [9.17, 15) is 4.39 Å². The molecule has 28 heavy (non-hydrogen) atoms. The van der Waals surface area contributed by atoms with Gasteiger partial charge in [-0.25, -0.2) is 4.39 Å². The van der Waals surface area contributed by atoms with Gasteiger partial charge in [0.15, 0.2) is 0 Å². The summed E-state index contributed by atoms with van der Waals surface area (Å²) in [6.45, 7) is 3.75. The molecule has 0 amide bonds. The number of rotatable bonds is 7. The van der Waals surface area contributed by atoms with Gasteiger partial charge in [-0.3, -0.25) is 0 Å². The van der Waals surface area contributed by atoms with Crippen molar-refractivity contribution in [2.24, 2.45) is 17.8 Å². The molecule has 0 heterocycles. The van der Waals surface area contributed by atoms with Crippen molar-refractivity contribution < 1.29 is 9.13 Å². The highest BCUT2D eigenvalue weighted by Crippen LogP contribution is 2.44. The van der Waals surface area contributed by atoms with Crippen LogP contribution in [0, 0.1) is 34.9 Å². The van der Waals surface area contributed by atoms with Gasteiger partial charge >= 0.3 is 0 Å². The number of hydrogen-bond acceptors (Lipinski definition) is 2. The van der Waals surface area contributed by atoms with Crippen molar-refractivity contribution in [1.82, 2.24) is 0 Å². The highest BCUT2D eigenvalue weighted by Gasteiger charge is 2.31. The lowest BCUT2D eigenvalue weighted by molar-refractivity contribution is 0.160.